The number of hydrogen-bond donors (Lipinski definition) is 1. The molecule has 0 heterocycles. The summed E-state index contributed by atoms with van der Waals surface area (Å²) in [5.74, 6) is 0.694. The Labute approximate surface area is 74.0 Å². The number of alkyl halides is 1. The average Bonchev–Trinajstić information content (AvgIpc) is 2.66. The van der Waals surface area contributed by atoms with Gasteiger partial charge in [-0.15, -0.1) is 0 Å². The van der Waals surface area contributed by atoms with Gasteiger partial charge in [-0.05, 0) is 30.1 Å². The van der Waals surface area contributed by atoms with E-state index >= 15 is 0 Å². The van der Waals surface area contributed by atoms with Crippen LogP contribution in [0.15, 0.2) is 0 Å². The molecule has 0 bridgehead atoms. The van der Waals surface area contributed by atoms with Gasteiger partial charge in [0.05, 0.1) is 0 Å². The summed E-state index contributed by atoms with van der Waals surface area (Å²) in [6.07, 6.45) is 1.11. The molecule has 1 aliphatic rings. The van der Waals surface area contributed by atoms with E-state index in [9.17, 15) is 4.39 Å². The SMILES string of the molecule is CC(CC1CC1F)C(C)(C)CO. The summed E-state index contributed by atoms with van der Waals surface area (Å²) in [6, 6.07) is 0. The molecule has 1 saturated carbocycles. The lowest BCUT2D eigenvalue weighted by Gasteiger charge is -2.29. The van der Waals surface area contributed by atoms with Crippen LogP contribution in [0.5, 0.6) is 0 Å². The molecule has 72 valence electrons. The van der Waals surface area contributed by atoms with Crippen LogP contribution in [0, 0.1) is 17.3 Å². The van der Waals surface area contributed by atoms with Gasteiger partial charge in [0.15, 0.2) is 0 Å². The maximum absolute atomic E-state index is 12.6. The molecule has 2 heteroatoms. The highest BCUT2D eigenvalue weighted by Gasteiger charge is 2.40. The van der Waals surface area contributed by atoms with Gasteiger partial charge in [-0.1, -0.05) is 20.8 Å². The molecule has 1 rings (SSSR count). The average molecular weight is 174 g/mol. The third-order valence-electron chi connectivity index (χ3n) is 3.23. The summed E-state index contributed by atoms with van der Waals surface area (Å²) in [4.78, 5) is 0. The van der Waals surface area contributed by atoms with Crippen LogP contribution in [0.25, 0.3) is 0 Å². The van der Waals surface area contributed by atoms with E-state index < -0.39 is 6.17 Å². The van der Waals surface area contributed by atoms with E-state index in [1.54, 1.807) is 0 Å². The van der Waals surface area contributed by atoms with Crippen LogP contribution in [-0.2, 0) is 0 Å². The molecule has 0 spiro atoms. The van der Waals surface area contributed by atoms with Crippen LogP contribution >= 0.6 is 0 Å². The topological polar surface area (TPSA) is 20.2 Å². The minimum Gasteiger partial charge on any atom is -0.396 e. The van der Waals surface area contributed by atoms with Crippen LogP contribution < -0.4 is 0 Å². The lowest BCUT2D eigenvalue weighted by molar-refractivity contribution is 0.0955. The molecule has 3 atom stereocenters. The van der Waals surface area contributed by atoms with E-state index in [1.165, 1.54) is 0 Å². The molecule has 0 saturated heterocycles. The maximum Gasteiger partial charge on any atom is 0.103 e. The second kappa shape index (κ2) is 3.33. The molecular formula is C10H19FO. The second-order valence-electron chi connectivity index (χ2n) is 4.80. The Morgan fingerprint density at radius 3 is 2.42 bits per heavy atom. The summed E-state index contributed by atoms with van der Waals surface area (Å²) in [5.41, 5.74) is -0.0533. The van der Waals surface area contributed by atoms with Gasteiger partial charge in [-0.25, -0.2) is 4.39 Å². The van der Waals surface area contributed by atoms with E-state index in [-0.39, 0.29) is 17.9 Å². The summed E-state index contributed by atoms with van der Waals surface area (Å²) >= 11 is 0. The number of halogens is 1. The van der Waals surface area contributed by atoms with Crippen molar-refractivity contribution in [2.75, 3.05) is 6.61 Å². The van der Waals surface area contributed by atoms with Crippen molar-refractivity contribution in [3.63, 3.8) is 0 Å². The molecule has 1 N–H and O–H groups in total. The highest BCUT2D eigenvalue weighted by atomic mass is 19.1. The van der Waals surface area contributed by atoms with E-state index in [4.69, 9.17) is 5.11 Å². The summed E-state index contributed by atoms with van der Waals surface area (Å²) in [6.45, 7) is 6.36. The van der Waals surface area contributed by atoms with E-state index in [0.29, 0.717) is 5.92 Å². The van der Waals surface area contributed by atoms with Gasteiger partial charge < -0.3 is 5.11 Å². The smallest absolute Gasteiger partial charge is 0.103 e. The second-order valence-corrected chi connectivity index (χ2v) is 4.80. The number of aliphatic hydroxyl groups excluding tert-OH is 1. The molecule has 0 aliphatic heterocycles. The van der Waals surface area contributed by atoms with Gasteiger partial charge >= 0.3 is 0 Å². The van der Waals surface area contributed by atoms with Gasteiger partial charge in [0.1, 0.15) is 6.17 Å². The van der Waals surface area contributed by atoms with Crippen molar-refractivity contribution in [2.24, 2.45) is 17.3 Å². The van der Waals surface area contributed by atoms with Gasteiger partial charge in [0, 0.05) is 6.61 Å². The first-order valence-electron chi connectivity index (χ1n) is 4.72. The Balaban J connectivity index is 2.32. The highest BCUT2D eigenvalue weighted by Crippen LogP contribution is 2.42. The van der Waals surface area contributed by atoms with E-state index in [1.807, 2.05) is 13.8 Å². The van der Waals surface area contributed by atoms with Crippen molar-refractivity contribution in [2.45, 2.75) is 39.8 Å². The molecule has 3 unspecified atom stereocenters. The lowest BCUT2D eigenvalue weighted by Crippen LogP contribution is -2.26. The fourth-order valence-electron chi connectivity index (χ4n) is 1.38. The molecule has 0 aromatic heterocycles. The fraction of sp³-hybridized carbons (Fsp3) is 1.00. The van der Waals surface area contributed by atoms with Crippen LogP contribution in [0.2, 0.25) is 0 Å². The standard InChI is InChI=1S/C10H19FO/c1-7(10(2,3)6-12)4-8-5-9(8)11/h7-9,12H,4-6H2,1-3H3. The largest absolute Gasteiger partial charge is 0.396 e. The molecule has 1 fully saturated rings. The van der Waals surface area contributed by atoms with Gasteiger partial charge in [0.25, 0.3) is 0 Å². The Bertz CT molecular complexity index is 156. The van der Waals surface area contributed by atoms with E-state index in [0.717, 1.165) is 12.8 Å². The first-order valence-corrected chi connectivity index (χ1v) is 4.72. The zero-order valence-electron chi connectivity index (χ0n) is 8.18. The predicted octanol–water partition coefficient (Wildman–Crippen LogP) is 2.39. The monoisotopic (exact) mass is 174 g/mol. The van der Waals surface area contributed by atoms with Crippen molar-refractivity contribution in [1.29, 1.82) is 0 Å². The highest BCUT2D eigenvalue weighted by molar-refractivity contribution is 4.89. The van der Waals surface area contributed by atoms with Crippen LogP contribution in [0.3, 0.4) is 0 Å². The molecule has 1 nitrogen and oxygen atoms in total. The van der Waals surface area contributed by atoms with E-state index in [2.05, 4.69) is 6.92 Å². The minimum atomic E-state index is -0.554. The van der Waals surface area contributed by atoms with Gasteiger partial charge in [0.2, 0.25) is 0 Å². The summed E-state index contributed by atoms with van der Waals surface area (Å²) < 4.78 is 12.6. The van der Waals surface area contributed by atoms with Gasteiger partial charge in [-0.3, -0.25) is 0 Å². The normalized spacial score (nSPS) is 31.8. The first-order chi connectivity index (χ1) is 5.47. The Morgan fingerprint density at radius 2 is 2.08 bits per heavy atom. The predicted molar refractivity (Wildman–Crippen MR) is 47.7 cm³/mol. The third kappa shape index (κ3) is 2.19. The Morgan fingerprint density at radius 1 is 1.58 bits per heavy atom. The first kappa shape index (κ1) is 9.97. The molecule has 0 aromatic carbocycles. The zero-order valence-corrected chi connectivity index (χ0v) is 8.18. The van der Waals surface area contributed by atoms with Crippen molar-refractivity contribution in [3.05, 3.63) is 0 Å². The van der Waals surface area contributed by atoms with Crippen LogP contribution in [0.1, 0.15) is 33.6 Å². The van der Waals surface area contributed by atoms with Crippen LogP contribution in [-0.4, -0.2) is 17.9 Å². The van der Waals surface area contributed by atoms with Crippen molar-refractivity contribution < 1.29 is 9.50 Å². The number of hydrogen-bond acceptors (Lipinski definition) is 1. The number of aliphatic hydroxyl groups is 1. The summed E-state index contributed by atoms with van der Waals surface area (Å²) in [7, 11) is 0. The van der Waals surface area contributed by atoms with Crippen molar-refractivity contribution in [1.82, 2.24) is 0 Å². The van der Waals surface area contributed by atoms with Crippen LogP contribution in [0.4, 0.5) is 4.39 Å². The van der Waals surface area contributed by atoms with Crippen molar-refractivity contribution in [3.8, 4) is 0 Å². The summed E-state index contributed by atoms with van der Waals surface area (Å²) in [5, 5.41) is 9.07. The molecule has 1 aliphatic carbocycles. The molecule has 0 radical (unpaired) electrons. The maximum atomic E-state index is 12.6. The minimum absolute atomic E-state index is 0.0533. The quantitative estimate of drug-likeness (QED) is 0.693. The molecule has 12 heavy (non-hydrogen) atoms. The van der Waals surface area contributed by atoms with Crippen molar-refractivity contribution >= 4 is 0 Å². The Kier molecular flexibility index (Phi) is 2.77. The molecule has 0 amide bonds. The molecular weight excluding hydrogens is 155 g/mol. The third-order valence-corrected chi connectivity index (χ3v) is 3.23. The zero-order chi connectivity index (χ0) is 9.35. The van der Waals surface area contributed by atoms with Gasteiger partial charge in [-0.2, -0.15) is 0 Å². The Hall–Kier alpha value is -0.110. The number of rotatable bonds is 4. The fourth-order valence-corrected chi connectivity index (χ4v) is 1.38. The molecule has 0 aromatic rings. The lowest BCUT2D eigenvalue weighted by atomic mass is 9.78.